The summed E-state index contributed by atoms with van der Waals surface area (Å²) in [5, 5.41) is 4.09. The van der Waals surface area contributed by atoms with Crippen LogP contribution >= 0.6 is 11.6 Å². The van der Waals surface area contributed by atoms with E-state index in [1.165, 1.54) is 18.2 Å². The standard InChI is InChI=1S/C19H15ClF5N3O2S/c1-18(21,22)11-5-7-12(8-6-11)31(29,30)28-14-4-2-3-13(20)16(14)17(26-28)27-10-9-15(27)19(23,24)25/h2-8,15H,9-10H2,1H3. The lowest BCUT2D eigenvalue weighted by atomic mass is 10.0. The van der Waals surface area contributed by atoms with Crippen LogP contribution in [-0.2, 0) is 15.9 Å². The number of halogens is 6. The lowest BCUT2D eigenvalue weighted by Crippen LogP contribution is -2.56. The van der Waals surface area contributed by atoms with Gasteiger partial charge in [-0.1, -0.05) is 29.8 Å². The van der Waals surface area contributed by atoms with E-state index in [9.17, 15) is 30.4 Å². The first-order valence-electron chi connectivity index (χ1n) is 9.06. The Balaban J connectivity index is 1.86. The van der Waals surface area contributed by atoms with Crippen LogP contribution in [0, 0.1) is 0 Å². The summed E-state index contributed by atoms with van der Waals surface area (Å²) in [6, 6.07) is 6.38. The summed E-state index contributed by atoms with van der Waals surface area (Å²) in [6.07, 6.45) is -4.67. The van der Waals surface area contributed by atoms with Gasteiger partial charge in [0.25, 0.3) is 15.9 Å². The molecule has 3 aromatic rings. The Morgan fingerprint density at radius 3 is 2.23 bits per heavy atom. The number of anilines is 1. The zero-order chi connectivity index (χ0) is 22.8. The summed E-state index contributed by atoms with van der Waals surface area (Å²) < 4.78 is 93.7. The fraction of sp³-hybridized carbons (Fsp3) is 0.316. The van der Waals surface area contributed by atoms with Gasteiger partial charge in [0.15, 0.2) is 5.82 Å². The third kappa shape index (κ3) is 3.63. The van der Waals surface area contributed by atoms with Crippen molar-refractivity contribution in [1.82, 2.24) is 9.19 Å². The minimum Gasteiger partial charge on any atom is -0.342 e. The summed E-state index contributed by atoms with van der Waals surface area (Å²) in [5.74, 6) is -3.36. The van der Waals surface area contributed by atoms with Crippen molar-refractivity contribution < 1.29 is 30.4 Å². The molecule has 0 spiro atoms. The maximum atomic E-state index is 13.4. The van der Waals surface area contributed by atoms with Crippen molar-refractivity contribution in [2.24, 2.45) is 0 Å². The Morgan fingerprint density at radius 2 is 1.71 bits per heavy atom. The molecule has 31 heavy (non-hydrogen) atoms. The predicted octanol–water partition coefficient (Wildman–Crippen LogP) is 5.18. The zero-order valence-corrected chi connectivity index (χ0v) is 17.4. The van der Waals surface area contributed by atoms with E-state index in [2.05, 4.69) is 5.10 Å². The third-order valence-corrected chi connectivity index (χ3v) is 7.08. The third-order valence-electron chi connectivity index (χ3n) is 5.16. The molecule has 1 aromatic heterocycles. The van der Waals surface area contributed by atoms with Crippen molar-refractivity contribution in [2.45, 2.75) is 36.4 Å². The molecule has 0 bridgehead atoms. The maximum Gasteiger partial charge on any atom is 0.408 e. The van der Waals surface area contributed by atoms with E-state index in [-0.39, 0.29) is 45.2 Å². The zero-order valence-electron chi connectivity index (χ0n) is 15.9. The smallest absolute Gasteiger partial charge is 0.342 e. The van der Waals surface area contributed by atoms with Gasteiger partial charge in [0.1, 0.15) is 6.04 Å². The molecule has 166 valence electrons. The average molecular weight is 480 g/mol. The largest absolute Gasteiger partial charge is 0.408 e. The van der Waals surface area contributed by atoms with Crippen LogP contribution in [0.2, 0.25) is 5.02 Å². The maximum absolute atomic E-state index is 13.4. The van der Waals surface area contributed by atoms with E-state index >= 15 is 0 Å². The molecule has 4 rings (SSSR count). The molecule has 1 aliphatic heterocycles. The lowest BCUT2D eigenvalue weighted by Gasteiger charge is -2.42. The summed E-state index contributed by atoms with van der Waals surface area (Å²) >= 11 is 6.19. The molecule has 2 aromatic carbocycles. The molecule has 2 heterocycles. The molecular formula is C19H15ClF5N3O2S. The van der Waals surface area contributed by atoms with E-state index in [1.54, 1.807) is 0 Å². The number of hydrogen-bond acceptors (Lipinski definition) is 4. The highest BCUT2D eigenvalue weighted by molar-refractivity contribution is 7.90. The van der Waals surface area contributed by atoms with Gasteiger partial charge in [-0.2, -0.15) is 25.7 Å². The van der Waals surface area contributed by atoms with Gasteiger partial charge in [0.05, 0.1) is 20.8 Å². The number of aromatic nitrogens is 2. The van der Waals surface area contributed by atoms with Crippen molar-refractivity contribution in [3.63, 3.8) is 0 Å². The van der Waals surface area contributed by atoms with Crippen LogP contribution in [0.1, 0.15) is 18.9 Å². The second-order valence-electron chi connectivity index (χ2n) is 7.26. The Kier molecular flexibility index (Phi) is 4.97. The van der Waals surface area contributed by atoms with Gasteiger partial charge in [-0.15, -0.1) is 5.10 Å². The van der Waals surface area contributed by atoms with Crippen LogP contribution in [0.3, 0.4) is 0 Å². The molecular weight excluding hydrogens is 465 g/mol. The summed E-state index contributed by atoms with van der Waals surface area (Å²) in [6.45, 7) is 0.706. The lowest BCUT2D eigenvalue weighted by molar-refractivity contribution is -0.159. The Labute approximate surface area is 179 Å². The normalized spacial score (nSPS) is 17.8. The first kappa shape index (κ1) is 21.8. The molecule has 1 saturated heterocycles. The molecule has 12 heteroatoms. The van der Waals surface area contributed by atoms with Crippen LogP contribution in [0.25, 0.3) is 10.9 Å². The van der Waals surface area contributed by atoms with Gasteiger partial charge < -0.3 is 4.90 Å². The average Bonchev–Trinajstić information content (AvgIpc) is 3.00. The predicted molar refractivity (Wildman–Crippen MR) is 105 cm³/mol. The highest BCUT2D eigenvalue weighted by Crippen LogP contribution is 2.42. The molecule has 0 amide bonds. The summed E-state index contributed by atoms with van der Waals surface area (Å²) in [7, 11) is -4.40. The number of alkyl halides is 5. The molecule has 0 radical (unpaired) electrons. The van der Waals surface area contributed by atoms with E-state index in [1.807, 2.05) is 0 Å². The van der Waals surface area contributed by atoms with Crippen molar-refractivity contribution >= 4 is 38.3 Å². The van der Waals surface area contributed by atoms with E-state index in [0.717, 1.165) is 29.2 Å². The molecule has 5 nitrogen and oxygen atoms in total. The minimum absolute atomic E-state index is 0.0137. The van der Waals surface area contributed by atoms with Gasteiger partial charge in [-0.25, -0.2) is 8.78 Å². The highest BCUT2D eigenvalue weighted by Gasteiger charge is 2.50. The van der Waals surface area contributed by atoms with E-state index in [4.69, 9.17) is 11.6 Å². The monoisotopic (exact) mass is 479 g/mol. The van der Waals surface area contributed by atoms with Crippen LogP contribution in [0.4, 0.5) is 27.8 Å². The molecule has 1 unspecified atom stereocenters. The van der Waals surface area contributed by atoms with Crippen molar-refractivity contribution in [2.75, 3.05) is 11.4 Å². The van der Waals surface area contributed by atoms with Crippen LogP contribution in [0.5, 0.6) is 0 Å². The van der Waals surface area contributed by atoms with E-state index in [0.29, 0.717) is 11.0 Å². The van der Waals surface area contributed by atoms with Crippen molar-refractivity contribution in [3.8, 4) is 0 Å². The fourth-order valence-corrected chi connectivity index (χ4v) is 5.00. The van der Waals surface area contributed by atoms with Crippen molar-refractivity contribution in [3.05, 3.63) is 53.1 Å². The summed E-state index contributed by atoms with van der Waals surface area (Å²) in [5.41, 5.74) is -0.394. The Morgan fingerprint density at radius 1 is 1.06 bits per heavy atom. The topological polar surface area (TPSA) is 55.2 Å². The molecule has 1 aliphatic rings. The number of hydrogen-bond donors (Lipinski definition) is 0. The van der Waals surface area contributed by atoms with Crippen molar-refractivity contribution in [1.29, 1.82) is 0 Å². The number of fused-ring (bicyclic) bond motifs is 1. The first-order valence-corrected chi connectivity index (χ1v) is 10.9. The minimum atomic E-state index is -4.52. The Bertz CT molecular complexity index is 1250. The van der Waals surface area contributed by atoms with Crippen LogP contribution < -0.4 is 4.90 Å². The second kappa shape index (κ2) is 7.06. The molecule has 0 saturated carbocycles. The number of benzene rings is 2. The highest BCUT2D eigenvalue weighted by atomic mass is 35.5. The van der Waals surface area contributed by atoms with Crippen LogP contribution in [0.15, 0.2) is 47.4 Å². The number of nitrogens with zero attached hydrogens (tertiary/aromatic N) is 3. The van der Waals surface area contributed by atoms with Gasteiger partial charge in [-0.3, -0.25) is 0 Å². The van der Waals surface area contributed by atoms with Gasteiger partial charge >= 0.3 is 6.18 Å². The second-order valence-corrected chi connectivity index (χ2v) is 9.43. The molecule has 1 fully saturated rings. The first-order chi connectivity index (χ1) is 14.3. The van der Waals surface area contributed by atoms with Crippen LogP contribution in [-0.4, -0.2) is 36.4 Å². The molecule has 0 N–H and O–H groups in total. The SMILES string of the molecule is CC(F)(F)c1ccc(S(=O)(=O)n2nc(N3CCC3C(F)(F)F)c3c(Cl)cccc32)cc1. The van der Waals surface area contributed by atoms with Gasteiger partial charge in [0.2, 0.25) is 0 Å². The van der Waals surface area contributed by atoms with Gasteiger partial charge in [0, 0.05) is 19.0 Å². The molecule has 1 atom stereocenters. The quantitative estimate of drug-likeness (QED) is 0.484. The number of rotatable bonds is 4. The summed E-state index contributed by atoms with van der Waals surface area (Å²) in [4.78, 5) is 0.619. The van der Waals surface area contributed by atoms with E-state index < -0.39 is 28.2 Å². The fourth-order valence-electron chi connectivity index (χ4n) is 3.47. The van der Waals surface area contributed by atoms with Gasteiger partial charge in [-0.05, 0) is 30.7 Å². The molecule has 0 aliphatic carbocycles. The Hall–Kier alpha value is -2.40.